The van der Waals surface area contributed by atoms with E-state index in [1.54, 1.807) is 0 Å². The zero-order valence-electron chi connectivity index (χ0n) is 10.2. The maximum absolute atomic E-state index is 9.69. The molecule has 2 atom stereocenters. The number of benzene rings is 1. The van der Waals surface area contributed by atoms with Crippen molar-refractivity contribution in [1.29, 1.82) is 0 Å². The largest absolute Gasteiger partial charge is 0.392 e. The molecule has 0 bridgehead atoms. The molecule has 0 radical (unpaired) electrons. The summed E-state index contributed by atoms with van der Waals surface area (Å²) >= 11 is 5.98. The summed E-state index contributed by atoms with van der Waals surface area (Å²) < 4.78 is 0. The molecular weight excluding hydrogens is 234 g/mol. The van der Waals surface area contributed by atoms with Crippen LogP contribution in [0.5, 0.6) is 0 Å². The predicted octanol–water partition coefficient (Wildman–Crippen LogP) is 2.56. The average Bonchev–Trinajstić information content (AvgIpc) is 2.68. The van der Waals surface area contributed by atoms with E-state index in [9.17, 15) is 5.11 Å². The van der Waals surface area contributed by atoms with Gasteiger partial charge in [0.1, 0.15) is 0 Å². The zero-order chi connectivity index (χ0) is 12.3. The molecule has 17 heavy (non-hydrogen) atoms. The molecule has 0 heterocycles. The third-order valence-electron chi connectivity index (χ3n) is 3.36. The molecule has 1 aromatic rings. The minimum atomic E-state index is -0.215. The van der Waals surface area contributed by atoms with Crippen LogP contribution in [0.3, 0.4) is 0 Å². The van der Waals surface area contributed by atoms with Crippen LogP contribution in [-0.2, 0) is 12.8 Å². The smallest absolute Gasteiger partial charge is 0.0664 e. The van der Waals surface area contributed by atoms with E-state index in [0.29, 0.717) is 12.6 Å². The van der Waals surface area contributed by atoms with Crippen molar-refractivity contribution in [3.05, 3.63) is 34.3 Å². The van der Waals surface area contributed by atoms with Gasteiger partial charge in [-0.1, -0.05) is 31.0 Å². The van der Waals surface area contributed by atoms with E-state index < -0.39 is 0 Å². The topological polar surface area (TPSA) is 32.3 Å². The molecule has 0 spiro atoms. The van der Waals surface area contributed by atoms with Gasteiger partial charge in [-0.05, 0) is 42.5 Å². The monoisotopic (exact) mass is 253 g/mol. The molecule has 1 aliphatic rings. The number of aliphatic hydroxyl groups excluding tert-OH is 1. The number of hydrogen-bond acceptors (Lipinski definition) is 2. The van der Waals surface area contributed by atoms with Gasteiger partial charge in [0.05, 0.1) is 6.10 Å². The highest BCUT2D eigenvalue weighted by Crippen LogP contribution is 2.25. The van der Waals surface area contributed by atoms with Crippen LogP contribution < -0.4 is 5.32 Å². The van der Waals surface area contributed by atoms with Gasteiger partial charge in [0.15, 0.2) is 0 Å². The lowest BCUT2D eigenvalue weighted by Crippen LogP contribution is -2.36. The van der Waals surface area contributed by atoms with Crippen molar-refractivity contribution in [2.24, 2.45) is 0 Å². The Morgan fingerprint density at radius 1 is 1.41 bits per heavy atom. The molecule has 0 aliphatic heterocycles. The highest BCUT2D eigenvalue weighted by molar-refractivity contribution is 6.30. The first-order chi connectivity index (χ1) is 8.19. The molecule has 1 aromatic carbocycles. The Hall–Kier alpha value is -0.570. The van der Waals surface area contributed by atoms with E-state index in [0.717, 1.165) is 30.7 Å². The van der Waals surface area contributed by atoms with Crippen molar-refractivity contribution in [1.82, 2.24) is 5.32 Å². The molecule has 2 nitrogen and oxygen atoms in total. The summed E-state index contributed by atoms with van der Waals surface area (Å²) in [5.41, 5.74) is 2.73. The first kappa shape index (κ1) is 12.9. The van der Waals surface area contributed by atoms with Crippen LogP contribution in [0.25, 0.3) is 0 Å². The highest BCUT2D eigenvalue weighted by atomic mass is 35.5. The lowest BCUT2D eigenvalue weighted by molar-refractivity contribution is 0.156. The highest BCUT2D eigenvalue weighted by Gasteiger charge is 2.21. The Bertz CT molecular complexity index is 380. The third kappa shape index (κ3) is 3.44. The number of aliphatic hydroxyl groups is 1. The maximum Gasteiger partial charge on any atom is 0.0664 e. The Kier molecular flexibility index (Phi) is 4.43. The Balaban J connectivity index is 1.84. The van der Waals surface area contributed by atoms with E-state index in [1.807, 2.05) is 6.07 Å². The van der Waals surface area contributed by atoms with Gasteiger partial charge >= 0.3 is 0 Å². The van der Waals surface area contributed by atoms with Crippen molar-refractivity contribution in [2.75, 3.05) is 6.54 Å². The van der Waals surface area contributed by atoms with Gasteiger partial charge in [-0.15, -0.1) is 0 Å². The molecule has 1 aliphatic carbocycles. The second-order valence-corrected chi connectivity index (χ2v) is 5.31. The van der Waals surface area contributed by atoms with E-state index >= 15 is 0 Å². The molecule has 3 heteroatoms. The second kappa shape index (κ2) is 5.85. The summed E-state index contributed by atoms with van der Waals surface area (Å²) in [6.45, 7) is 2.79. The summed E-state index contributed by atoms with van der Waals surface area (Å²) in [5.74, 6) is 0. The Labute approximate surface area is 108 Å². The van der Waals surface area contributed by atoms with Crippen LogP contribution in [0.2, 0.25) is 5.02 Å². The summed E-state index contributed by atoms with van der Waals surface area (Å²) in [4.78, 5) is 0. The lowest BCUT2D eigenvalue weighted by atomic mass is 10.1. The molecule has 0 saturated heterocycles. The Morgan fingerprint density at radius 3 is 2.94 bits per heavy atom. The molecule has 94 valence electrons. The molecule has 0 fully saturated rings. The van der Waals surface area contributed by atoms with Gasteiger partial charge in [0.2, 0.25) is 0 Å². The molecular formula is C14H20ClNO. The van der Waals surface area contributed by atoms with Crippen LogP contribution in [0.1, 0.15) is 30.9 Å². The fourth-order valence-corrected chi connectivity index (χ4v) is 2.66. The van der Waals surface area contributed by atoms with E-state index in [4.69, 9.17) is 11.6 Å². The van der Waals surface area contributed by atoms with Crippen LogP contribution in [0, 0.1) is 0 Å². The Morgan fingerprint density at radius 2 is 2.18 bits per heavy atom. The van der Waals surface area contributed by atoms with Gasteiger partial charge < -0.3 is 10.4 Å². The first-order valence-electron chi connectivity index (χ1n) is 6.37. The van der Waals surface area contributed by atoms with E-state index in [1.165, 1.54) is 11.1 Å². The summed E-state index contributed by atoms with van der Waals surface area (Å²) in [6, 6.07) is 6.58. The number of hydrogen-bond donors (Lipinski definition) is 2. The summed E-state index contributed by atoms with van der Waals surface area (Å²) in [6.07, 6.45) is 3.76. The van der Waals surface area contributed by atoms with Crippen LogP contribution in [0.4, 0.5) is 0 Å². The van der Waals surface area contributed by atoms with Crippen molar-refractivity contribution >= 4 is 11.6 Å². The van der Waals surface area contributed by atoms with Gasteiger partial charge in [-0.3, -0.25) is 0 Å². The van der Waals surface area contributed by atoms with Crippen molar-refractivity contribution in [3.63, 3.8) is 0 Å². The number of rotatable bonds is 5. The SMILES string of the molecule is CCCC(O)CNC1Cc2ccc(Cl)cc2C1. The molecule has 2 unspecified atom stereocenters. The average molecular weight is 254 g/mol. The van der Waals surface area contributed by atoms with Crippen molar-refractivity contribution in [3.8, 4) is 0 Å². The van der Waals surface area contributed by atoms with E-state index in [2.05, 4.69) is 24.4 Å². The number of nitrogens with one attached hydrogen (secondary N) is 1. The zero-order valence-corrected chi connectivity index (χ0v) is 11.0. The fraction of sp³-hybridized carbons (Fsp3) is 0.571. The molecule has 2 N–H and O–H groups in total. The van der Waals surface area contributed by atoms with Crippen LogP contribution >= 0.6 is 11.6 Å². The molecule has 0 saturated carbocycles. The maximum atomic E-state index is 9.69. The van der Waals surface area contributed by atoms with Gasteiger partial charge in [0, 0.05) is 17.6 Å². The second-order valence-electron chi connectivity index (χ2n) is 4.87. The molecule has 0 aromatic heterocycles. The molecule has 0 amide bonds. The van der Waals surface area contributed by atoms with Gasteiger partial charge in [-0.25, -0.2) is 0 Å². The number of fused-ring (bicyclic) bond motifs is 1. The fourth-order valence-electron chi connectivity index (χ4n) is 2.47. The van der Waals surface area contributed by atoms with Crippen molar-refractivity contribution < 1.29 is 5.11 Å². The quantitative estimate of drug-likeness (QED) is 0.845. The van der Waals surface area contributed by atoms with Gasteiger partial charge in [-0.2, -0.15) is 0 Å². The lowest BCUT2D eigenvalue weighted by Gasteiger charge is -2.15. The standard InChI is InChI=1S/C14H20ClNO/c1-2-3-14(17)9-16-13-7-10-4-5-12(15)6-11(10)8-13/h4-6,13-14,16-17H,2-3,7-9H2,1H3. The first-order valence-corrected chi connectivity index (χ1v) is 6.75. The molecule has 2 rings (SSSR count). The van der Waals surface area contributed by atoms with Crippen molar-refractivity contribution in [2.45, 2.75) is 44.8 Å². The van der Waals surface area contributed by atoms with Gasteiger partial charge in [0.25, 0.3) is 0 Å². The number of halogens is 1. The normalized spacial score (nSPS) is 20.3. The predicted molar refractivity (Wildman–Crippen MR) is 71.6 cm³/mol. The minimum absolute atomic E-state index is 0.215. The third-order valence-corrected chi connectivity index (χ3v) is 3.60. The summed E-state index contributed by atoms with van der Waals surface area (Å²) in [7, 11) is 0. The van der Waals surface area contributed by atoms with E-state index in [-0.39, 0.29) is 6.10 Å². The summed E-state index contributed by atoms with van der Waals surface area (Å²) in [5, 5.41) is 13.9. The minimum Gasteiger partial charge on any atom is -0.392 e. The van der Waals surface area contributed by atoms with Crippen LogP contribution in [-0.4, -0.2) is 23.8 Å². The van der Waals surface area contributed by atoms with Crippen LogP contribution in [0.15, 0.2) is 18.2 Å².